The number of halogens is 3. The Bertz CT molecular complexity index is 1370. The lowest BCUT2D eigenvalue weighted by Crippen LogP contribution is -2.16. The number of carbonyl (C=O) groups is 1. The third kappa shape index (κ3) is 6.95. The van der Waals surface area contributed by atoms with E-state index in [0.29, 0.717) is 65.0 Å². The second kappa shape index (κ2) is 11.9. The van der Waals surface area contributed by atoms with Crippen LogP contribution in [0, 0.1) is 0 Å². The number of anilines is 2. The van der Waals surface area contributed by atoms with Crippen molar-refractivity contribution >= 4 is 49.4 Å². The molecule has 9 nitrogen and oxygen atoms in total. The van der Waals surface area contributed by atoms with Gasteiger partial charge in [0, 0.05) is 38.3 Å². The number of aliphatic hydroxyl groups is 1. The minimum atomic E-state index is -4.78. The summed E-state index contributed by atoms with van der Waals surface area (Å²) in [6.45, 7) is 1.45. The van der Waals surface area contributed by atoms with Crippen LogP contribution >= 0.6 is 11.3 Å². The summed E-state index contributed by atoms with van der Waals surface area (Å²) in [5.74, 6) is 0.0954. The Morgan fingerprint density at radius 1 is 1.11 bits per heavy atom. The van der Waals surface area contributed by atoms with Gasteiger partial charge >= 0.3 is 6.36 Å². The van der Waals surface area contributed by atoms with Gasteiger partial charge in [-0.1, -0.05) is 11.3 Å². The predicted octanol–water partition coefficient (Wildman–Crippen LogP) is 4.91. The average Bonchev–Trinajstić information content (AvgIpc) is 3.40. The summed E-state index contributed by atoms with van der Waals surface area (Å²) in [7, 11) is 1.58. The Balaban J connectivity index is 1.56. The van der Waals surface area contributed by atoms with Crippen LogP contribution in [0.1, 0.15) is 23.2 Å². The molecule has 0 aliphatic rings. The van der Waals surface area contributed by atoms with E-state index in [2.05, 4.69) is 20.0 Å². The average molecular weight is 539 g/mol. The number of Topliss-reactive ketones (excluding diaryl/α,β-unsaturated/α-hetero) is 1. The van der Waals surface area contributed by atoms with Crippen molar-refractivity contribution in [3.05, 3.63) is 42.0 Å². The molecule has 13 heteroatoms. The molecule has 198 valence electrons. The molecule has 0 amide bonds. The predicted molar refractivity (Wildman–Crippen MR) is 133 cm³/mol. The number of aromatic nitrogens is 3. The topological polar surface area (TPSA) is 108 Å². The molecule has 0 fully saturated rings. The van der Waals surface area contributed by atoms with Crippen LogP contribution in [-0.4, -0.2) is 65.3 Å². The SMILES string of the molecule is COCCn1c(Nc2nc3ccc(OC(F)(F)F)cc3s2)nc2cc(C(=O)CCCOCCO)ccc21. The first-order valence-corrected chi connectivity index (χ1v) is 12.2. The van der Waals surface area contributed by atoms with Crippen LogP contribution in [0.3, 0.4) is 0 Å². The summed E-state index contributed by atoms with van der Waals surface area (Å²) in [5.41, 5.74) is 2.42. The summed E-state index contributed by atoms with van der Waals surface area (Å²) in [4.78, 5) is 21.7. The second-order valence-corrected chi connectivity index (χ2v) is 9.00. The van der Waals surface area contributed by atoms with Gasteiger partial charge in [0.05, 0.1) is 41.1 Å². The lowest BCUT2D eigenvalue weighted by Gasteiger charge is -2.09. The largest absolute Gasteiger partial charge is 0.573 e. The fourth-order valence-corrected chi connectivity index (χ4v) is 4.59. The number of thiazole rings is 1. The van der Waals surface area contributed by atoms with Crippen LogP contribution in [0.5, 0.6) is 5.75 Å². The molecule has 2 heterocycles. The Kier molecular flexibility index (Phi) is 8.59. The van der Waals surface area contributed by atoms with Crippen LogP contribution in [0.2, 0.25) is 0 Å². The summed E-state index contributed by atoms with van der Waals surface area (Å²) in [5, 5.41) is 12.3. The number of nitrogens with zero attached hydrogens (tertiary/aromatic N) is 3. The minimum absolute atomic E-state index is 0.0431. The van der Waals surface area contributed by atoms with Gasteiger partial charge in [-0.3, -0.25) is 4.79 Å². The van der Waals surface area contributed by atoms with E-state index in [-0.39, 0.29) is 24.7 Å². The molecular formula is C24H25F3N4O5S. The zero-order valence-electron chi connectivity index (χ0n) is 19.9. The highest BCUT2D eigenvalue weighted by atomic mass is 32.1. The molecule has 0 saturated heterocycles. The standard InChI is InChI=1S/C24H25F3N4O5S/c1-34-11-8-31-19-7-4-15(20(33)3-2-10-35-12-9-32)13-18(19)28-22(31)30-23-29-17-6-5-16(14-21(17)37-23)36-24(25,26)27/h4-7,13-14,32H,2-3,8-12H2,1H3,(H,28,29,30). The van der Waals surface area contributed by atoms with Crippen molar-refractivity contribution in [3.8, 4) is 5.75 Å². The van der Waals surface area contributed by atoms with Crippen molar-refractivity contribution < 1.29 is 37.3 Å². The molecule has 0 aliphatic carbocycles. The third-order valence-corrected chi connectivity index (χ3v) is 6.26. The first kappa shape index (κ1) is 26.8. The van der Waals surface area contributed by atoms with Gasteiger partial charge in [-0.2, -0.15) is 0 Å². The van der Waals surface area contributed by atoms with Crippen LogP contribution in [0.15, 0.2) is 36.4 Å². The third-order valence-electron chi connectivity index (χ3n) is 5.33. The number of alkyl halides is 3. The minimum Gasteiger partial charge on any atom is -0.406 e. The molecule has 2 N–H and O–H groups in total. The molecule has 0 bridgehead atoms. The molecule has 0 spiro atoms. The summed E-state index contributed by atoms with van der Waals surface area (Å²) in [6, 6.07) is 9.24. The van der Waals surface area contributed by atoms with E-state index in [1.807, 2.05) is 10.6 Å². The van der Waals surface area contributed by atoms with Crippen LogP contribution in [0.4, 0.5) is 24.3 Å². The number of carbonyl (C=O) groups excluding carboxylic acids is 1. The summed E-state index contributed by atoms with van der Waals surface area (Å²) in [6.07, 6.45) is -3.93. The van der Waals surface area contributed by atoms with Gasteiger partial charge in [0.1, 0.15) is 5.75 Å². The molecule has 0 atom stereocenters. The summed E-state index contributed by atoms with van der Waals surface area (Å²) >= 11 is 1.16. The normalized spacial score (nSPS) is 11.9. The van der Waals surface area contributed by atoms with Crippen molar-refractivity contribution in [2.75, 3.05) is 38.9 Å². The highest BCUT2D eigenvalue weighted by Gasteiger charge is 2.31. The molecule has 0 unspecified atom stereocenters. The van der Waals surface area contributed by atoms with Crippen molar-refractivity contribution in [2.24, 2.45) is 0 Å². The van der Waals surface area contributed by atoms with Crippen molar-refractivity contribution in [2.45, 2.75) is 25.7 Å². The van der Waals surface area contributed by atoms with E-state index in [4.69, 9.17) is 14.6 Å². The Hall–Kier alpha value is -3.26. The molecule has 2 aromatic carbocycles. The molecular weight excluding hydrogens is 513 g/mol. The number of rotatable bonds is 13. The fourth-order valence-electron chi connectivity index (χ4n) is 3.70. The van der Waals surface area contributed by atoms with Gasteiger partial charge < -0.3 is 29.2 Å². The van der Waals surface area contributed by atoms with Crippen molar-refractivity contribution in [1.82, 2.24) is 14.5 Å². The molecule has 4 rings (SSSR count). The number of hydrogen-bond donors (Lipinski definition) is 2. The lowest BCUT2D eigenvalue weighted by molar-refractivity contribution is -0.274. The monoisotopic (exact) mass is 538 g/mol. The number of ketones is 1. The molecule has 4 aromatic rings. The number of ether oxygens (including phenoxy) is 3. The van der Waals surface area contributed by atoms with Gasteiger partial charge in [-0.25, -0.2) is 9.97 Å². The van der Waals surface area contributed by atoms with E-state index in [9.17, 15) is 18.0 Å². The Morgan fingerprint density at radius 2 is 1.95 bits per heavy atom. The molecule has 0 aliphatic heterocycles. The maximum absolute atomic E-state index is 12.6. The quantitative estimate of drug-likeness (QED) is 0.183. The van der Waals surface area contributed by atoms with E-state index in [1.165, 1.54) is 18.2 Å². The fraction of sp³-hybridized carbons (Fsp3) is 0.375. The second-order valence-electron chi connectivity index (χ2n) is 7.97. The van der Waals surface area contributed by atoms with E-state index in [1.54, 1.807) is 19.2 Å². The highest BCUT2D eigenvalue weighted by Crippen LogP contribution is 2.33. The van der Waals surface area contributed by atoms with Crippen LogP contribution in [0.25, 0.3) is 21.3 Å². The number of nitrogens with one attached hydrogen (secondary N) is 1. The molecule has 0 radical (unpaired) electrons. The van der Waals surface area contributed by atoms with Crippen LogP contribution in [-0.2, 0) is 16.0 Å². The van der Waals surface area contributed by atoms with E-state index < -0.39 is 6.36 Å². The number of imidazole rings is 1. The van der Waals surface area contributed by atoms with E-state index >= 15 is 0 Å². The van der Waals surface area contributed by atoms with Gasteiger partial charge in [-0.15, -0.1) is 13.2 Å². The van der Waals surface area contributed by atoms with Gasteiger partial charge in [0.15, 0.2) is 10.9 Å². The van der Waals surface area contributed by atoms with Gasteiger partial charge in [-0.05, 0) is 36.8 Å². The molecule has 2 aromatic heterocycles. The lowest BCUT2D eigenvalue weighted by atomic mass is 10.1. The number of fused-ring (bicyclic) bond motifs is 2. The first-order chi connectivity index (χ1) is 17.8. The molecule has 0 saturated carbocycles. The zero-order chi connectivity index (χ0) is 26.4. The highest BCUT2D eigenvalue weighted by molar-refractivity contribution is 7.22. The molecule has 37 heavy (non-hydrogen) atoms. The van der Waals surface area contributed by atoms with Gasteiger partial charge in [0.25, 0.3) is 0 Å². The summed E-state index contributed by atoms with van der Waals surface area (Å²) < 4.78 is 54.5. The van der Waals surface area contributed by atoms with E-state index in [0.717, 1.165) is 16.9 Å². The number of hydrogen-bond acceptors (Lipinski definition) is 9. The van der Waals surface area contributed by atoms with Crippen molar-refractivity contribution in [3.63, 3.8) is 0 Å². The van der Waals surface area contributed by atoms with Crippen LogP contribution < -0.4 is 10.1 Å². The van der Waals surface area contributed by atoms with Crippen molar-refractivity contribution in [1.29, 1.82) is 0 Å². The first-order valence-electron chi connectivity index (χ1n) is 11.4. The maximum Gasteiger partial charge on any atom is 0.573 e. The Morgan fingerprint density at radius 3 is 2.70 bits per heavy atom. The smallest absolute Gasteiger partial charge is 0.406 e. The number of benzene rings is 2. The maximum atomic E-state index is 12.6. The van der Waals surface area contributed by atoms with Gasteiger partial charge in [0.2, 0.25) is 5.95 Å². The Labute approximate surface area is 213 Å². The number of methoxy groups -OCH3 is 1. The zero-order valence-corrected chi connectivity index (χ0v) is 20.7. The number of aliphatic hydroxyl groups excluding tert-OH is 1.